The number of anilines is 1. The molecule has 0 bridgehead atoms. The summed E-state index contributed by atoms with van der Waals surface area (Å²) in [5, 5.41) is 2.74. The van der Waals surface area contributed by atoms with Crippen molar-refractivity contribution in [3.05, 3.63) is 47.5 Å². The monoisotopic (exact) mass is 373 g/mol. The molecule has 0 aromatic heterocycles. The van der Waals surface area contributed by atoms with E-state index in [-0.39, 0.29) is 17.9 Å². The minimum Gasteiger partial charge on any atom is -0.496 e. The highest BCUT2D eigenvalue weighted by atomic mass is 16.5. The number of ether oxygens (including phenoxy) is 4. The van der Waals surface area contributed by atoms with Crippen LogP contribution in [0.5, 0.6) is 17.2 Å². The van der Waals surface area contributed by atoms with Crippen LogP contribution >= 0.6 is 0 Å². The van der Waals surface area contributed by atoms with Crippen LogP contribution < -0.4 is 19.5 Å². The highest BCUT2D eigenvalue weighted by molar-refractivity contribution is 6.02. The third kappa shape index (κ3) is 4.91. The predicted molar refractivity (Wildman–Crippen MR) is 101 cm³/mol. The van der Waals surface area contributed by atoms with Crippen LogP contribution in [-0.2, 0) is 16.0 Å². The average molecular weight is 373 g/mol. The second-order valence-electron chi connectivity index (χ2n) is 5.60. The summed E-state index contributed by atoms with van der Waals surface area (Å²) in [6, 6.07) is 10.5. The van der Waals surface area contributed by atoms with Crippen LogP contribution in [0.3, 0.4) is 0 Å². The van der Waals surface area contributed by atoms with E-state index in [2.05, 4.69) is 5.32 Å². The number of carbonyl (C=O) groups is 2. The van der Waals surface area contributed by atoms with E-state index < -0.39 is 5.97 Å². The maximum Gasteiger partial charge on any atom is 0.340 e. The SMILES string of the molecule is COC(=O)c1cc(OC)c(OC)cc1NC(=O)CCc1ccccc1OC. The first-order valence-electron chi connectivity index (χ1n) is 8.30. The summed E-state index contributed by atoms with van der Waals surface area (Å²) in [5.74, 6) is 0.649. The molecule has 0 saturated carbocycles. The van der Waals surface area contributed by atoms with E-state index in [1.807, 2.05) is 24.3 Å². The number of esters is 1. The van der Waals surface area contributed by atoms with Gasteiger partial charge in [-0.1, -0.05) is 18.2 Å². The molecule has 2 aromatic rings. The Bertz CT molecular complexity index is 818. The van der Waals surface area contributed by atoms with Crippen molar-refractivity contribution in [3.8, 4) is 17.2 Å². The maximum atomic E-state index is 12.4. The van der Waals surface area contributed by atoms with Crippen molar-refractivity contribution in [2.45, 2.75) is 12.8 Å². The smallest absolute Gasteiger partial charge is 0.340 e. The molecule has 7 heteroatoms. The van der Waals surface area contributed by atoms with Gasteiger partial charge in [-0.25, -0.2) is 4.79 Å². The fourth-order valence-electron chi connectivity index (χ4n) is 2.63. The Morgan fingerprint density at radius 1 is 0.889 bits per heavy atom. The van der Waals surface area contributed by atoms with Crippen molar-refractivity contribution in [1.82, 2.24) is 0 Å². The van der Waals surface area contributed by atoms with Gasteiger partial charge in [0.25, 0.3) is 0 Å². The molecule has 0 heterocycles. The molecule has 2 aromatic carbocycles. The van der Waals surface area contributed by atoms with Gasteiger partial charge in [0, 0.05) is 18.6 Å². The van der Waals surface area contributed by atoms with Crippen LogP contribution in [0.25, 0.3) is 0 Å². The first-order valence-corrected chi connectivity index (χ1v) is 8.30. The molecule has 7 nitrogen and oxygen atoms in total. The summed E-state index contributed by atoms with van der Waals surface area (Å²) >= 11 is 0. The lowest BCUT2D eigenvalue weighted by molar-refractivity contribution is -0.116. The molecule has 1 N–H and O–H groups in total. The van der Waals surface area contributed by atoms with E-state index in [1.165, 1.54) is 33.5 Å². The van der Waals surface area contributed by atoms with E-state index in [0.29, 0.717) is 23.6 Å². The summed E-state index contributed by atoms with van der Waals surface area (Å²) in [6.07, 6.45) is 0.714. The topological polar surface area (TPSA) is 83.1 Å². The lowest BCUT2D eigenvalue weighted by Crippen LogP contribution is -2.16. The highest BCUT2D eigenvalue weighted by Crippen LogP contribution is 2.34. The summed E-state index contributed by atoms with van der Waals surface area (Å²) in [4.78, 5) is 24.5. The van der Waals surface area contributed by atoms with Gasteiger partial charge in [-0.2, -0.15) is 0 Å². The molecule has 0 spiro atoms. The van der Waals surface area contributed by atoms with Crippen LogP contribution in [0.1, 0.15) is 22.3 Å². The third-order valence-electron chi connectivity index (χ3n) is 4.02. The molecule has 0 aliphatic rings. The third-order valence-corrected chi connectivity index (χ3v) is 4.02. The molecule has 0 aliphatic carbocycles. The lowest BCUT2D eigenvalue weighted by Gasteiger charge is -2.15. The van der Waals surface area contributed by atoms with Crippen molar-refractivity contribution in [2.24, 2.45) is 0 Å². The zero-order valence-electron chi connectivity index (χ0n) is 15.8. The second-order valence-corrected chi connectivity index (χ2v) is 5.60. The second kappa shape index (κ2) is 9.47. The first kappa shape index (κ1) is 20.1. The molecule has 0 fully saturated rings. The molecule has 27 heavy (non-hydrogen) atoms. The van der Waals surface area contributed by atoms with Crippen molar-refractivity contribution >= 4 is 17.6 Å². The number of benzene rings is 2. The van der Waals surface area contributed by atoms with Gasteiger partial charge in [0.05, 0.1) is 39.7 Å². The first-order chi connectivity index (χ1) is 13.0. The van der Waals surface area contributed by atoms with Gasteiger partial charge in [-0.3, -0.25) is 4.79 Å². The van der Waals surface area contributed by atoms with Crippen LogP contribution in [-0.4, -0.2) is 40.3 Å². The van der Waals surface area contributed by atoms with Gasteiger partial charge in [0.1, 0.15) is 5.75 Å². The van der Waals surface area contributed by atoms with Crippen LogP contribution in [0.15, 0.2) is 36.4 Å². The maximum absolute atomic E-state index is 12.4. The Kier molecular flexibility index (Phi) is 7.05. The van der Waals surface area contributed by atoms with Gasteiger partial charge in [-0.15, -0.1) is 0 Å². The number of amides is 1. The number of carbonyl (C=O) groups excluding carboxylic acids is 2. The molecule has 0 unspecified atom stereocenters. The molecule has 0 radical (unpaired) electrons. The molecule has 0 saturated heterocycles. The number of nitrogens with one attached hydrogen (secondary N) is 1. The molecular weight excluding hydrogens is 350 g/mol. The molecule has 2 rings (SSSR count). The van der Waals surface area contributed by atoms with E-state index in [9.17, 15) is 9.59 Å². The van der Waals surface area contributed by atoms with Crippen molar-refractivity contribution in [1.29, 1.82) is 0 Å². The highest BCUT2D eigenvalue weighted by Gasteiger charge is 2.19. The number of methoxy groups -OCH3 is 4. The van der Waals surface area contributed by atoms with Gasteiger partial charge in [0.2, 0.25) is 5.91 Å². The van der Waals surface area contributed by atoms with E-state index in [4.69, 9.17) is 18.9 Å². The molecule has 144 valence electrons. The fraction of sp³-hybridized carbons (Fsp3) is 0.300. The number of para-hydroxylation sites is 1. The van der Waals surface area contributed by atoms with Crippen LogP contribution in [0.4, 0.5) is 5.69 Å². The Labute approximate surface area is 158 Å². The van der Waals surface area contributed by atoms with Crippen LogP contribution in [0, 0.1) is 0 Å². The van der Waals surface area contributed by atoms with Crippen LogP contribution in [0.2, 0.25) is 0 Å². The Balaban J connectivity index is 2.19. The van der Waals surface area contributed by atoms with Crippen molar-refractivity contribution < 1.29 is 28.5 Å². The van der Waals surface area contributed by atoms with Gasteiger partial charge in [-0.05, 0) is 18.1 Å². The quantitative estimate of drug-likeness (QED) is 0.716. The van der Waals surface area contributed by atoms with E-state index in [1.54, 1.807) is 7.11 Å². The Morgan fingerprint density at radius 2 is 1.52 bits per heavy atom. The largest absolute Gasteiger partial charge is 0.496 e. The summed E-state index contributed by atoms with van der Waals surface area (Å²) in [7, 11) is 5.80. The summed E-state index contributed by atoms with van der Waals surface area (Å²) in [6.45, 7) is 0. The normalized spacial score (nSPS) is 10.1. The average Bonchev–Trinajstić information content (AvgIpc) is 2.71. The minimum atomic E-state index is -0.587. The minimum absolute atomic E-state index is 0.181. The van der Waals surface area contributed by atoms with Gasteiger partial charge in [0.15, 0.2) is 11.5 Å². The zero-order chi connectivity index (χ0) is 19.8. The molecule has 0 atom stereocenters. The fourth-order valence-corrected chi connectivity index (χ4v) is 2.63. The standard InChI is InChI=1S/C20H23NO6/c1-24-16-8-6-5-7-13(16)9-10-19(22)21-15-12-18(26-3)17(25-2)11-14(15)20(23)27-4/h5-8,11-12H,9-10H2,1-4H3,(H,21,22). The van der Waals surface area contributed by atoms with E-state index >= 15 is 0 Å². The Hall–Kier alpha value is -3.22. The summed E-state index contributed by atoms with van der Waals surface area (Å²) in [5.41, 5.74) is 1.40. The molecular formula is C20H23NO6. The zero-order valence-corrected chi connectivity index (χ0v) is 15.8. The van der Waals surface area contributed by atoms with Crippen molar-refractivity contribution in [3.63, 3.8) is 0 Å². The molecule has 0 aliphatic heterocycles. The predicted octanol–water partition coefficient (Wildman–Crippen LogP) is 3.07. The number of aryl methyl sites for hydroxylation is 1. The van der Waals surface area contributed by atoms with Gasteiger partial charge >= 0.3 is 5.97 Å². The number of hydrogen-bond donors (Lipinski definition) is 1. The Morgan fingerprint density at radius 3 is 2.15 bits per heavy atom. The van der Waals surface area contributed by atoms with Gasteiger partial charge < -0.3 is 24.3 Å². The number of hydrogen-bond acceptors (Lipinski definition) is 6. The number of rotatable bonds is 8. The van der Waals surface area contributed by atoms with E-state index in [0.717, 1.165) is 11.3 Å². The summed E-state index contributed by atoms with van der Waals surface area (Å²) < 4.78 is 20.5. The lowest BCUT2D eigenvalue weighted by atomic mass is 10.1. The van der Waals surface area contributed by atoms with Crippen molar-refractivity contribution in [2.75, 3.05) is 33.8 Å². The molecule has 1 amide bonds.